The van der Waals surface area contributed by atoms with Gasteiger partial charge in [-0.1, -0.05) is 11.8 Å². The molecular formula is C14H16FNO2. The Bertz CT molecular complexity index is 461. The Morgan fingerprint density at radius 3 is 2.89 bits per heavy atom. The highest BCUT2D eigenvalue weighted by molar-refractivity contribution is 5.40. The van der Waals surface area contributed by atoms with Crippen LogP contribution in [-0.4, -0.2) is 19.9 Å². The summed E-state index contributed by atoms with van der Waals surface area (Å²) in [5, 5.41) is 0. The van der Waals surface area contributed by atoms with Crippen LogP contribution in [0.15, 0.2) is 18.2 Å². The van der Waals surface area contributed by atoms with E-state index in [2.05, 4.69) is 11.8 Å². The summed E-state index contributed by atoms with van der Waals surface area (Å²) in [6, 6.07) is 4.33. The fraction of sp³-hybridized carbons (Fsp3) is 0.429. The van der Waals surface area contributed by atoms with Crippen molar-refractivity contribution < 1.29 is 13.9 Å². The smallest absolute Gasteiger partial charge is 0.189 e. The minimum Gasteiger partial charge on any atom is -0.467 e. The first kappa shape index (κ1) is 12.9. The predicted molar refractivity (Wildman–Crippen MR) is 66.5 cm³/mol. The Balaban J connectivity index is 1.87. The van der Waals surface area contributed by atoms with Crippen LogP contribution in [0.3, 0.4) is 0 Å². The van der Waals surface area contributed by atoms with Gasteiger partial charge in [-0.3, -0.25) is 0 Å². The van der Waals surface area contributed by atoms with Gasteiger partial charge in [-0.05, 0) is 30.9 Å². The third-order valence-electron chi connectivity index (χ3n) is 2.57. The van der Waals surface area contributed by atoms with Gasteiger partial charge in [0, 0.05) is 11.6 Å². The van der Waals surface area contributed by atoms with E-state index in [0.717, 1.165) is 6.61 Å². The number of ether oxygens (including phenoxy) is 2. The molecular weight excluding hydrogens is 233 g/mol. The Labute approximate surface area is 106 Å². The third-order valence-corrected chi connectivity index (χ3v) is 2.57. The summed E-state index contributed by atoms with van der Waals surface area (Å²) in [5.41, 5.74) is 5.82. The molecule has 1 aromatic carbocycles. The molecule has 4 heteroatoms. The first-order valence-electron chi connectivity index (χ1n) is 5.98. The van der Waals surface area contributed by atoms with E-state index in [9.17, 15) is 4.39 Å². The maximum absolute atomic E-state index is 13.3. The molecule has 0 atom stereocenters. The van der Waals surface area contributed by atoms with E-state index in [4.69, 9.17) is 15.2 Å². The van der Waals surface area contributed by atoms with Gasteiger partial charge in [0.05, 0.1) is 13.2 Å². The molecule has 0 saturated heterocycles. The van der Waals surface area contributed by atoms with Crippen molar-refractivity contribution in [2.24, 2.45) is 11.7 Å². The molecule has 2 rings (SSSR count). The molecule has 2 N–H and O–H groups in total. The molecule has 0 spiro atoms. The van der Waals surface area contributed by atoms with Gasteiger partial charge in [0.15, 0.2) is 6.79 Å². The van der Waals surface area contributed by atoms with E-state index < -0.39 is 0 Å². The molecule has 0 aliphatic heterocycles. The van der Waals surface area contributed by atoms with Crippen LogP contribution < -0.4 is 10.5 Å². The molecule has 1 aliphatic carbocycles. The van der Waals surface area contributed by atoms with Gasteiger partial charge in [0.25, 0.3) is 0 Å². The number of rotatable bonds is 5. The number of benzene rings is 1. The molecule has 0 aromatic heterocycles. The van der Waals surface area contributed by atoms with Crippen LogP contribution in [-0.2, 0) is 4.74 Å². The molecule has 1 saturated carbocycles. The second-order valence-corrected chi connectivity index (χ2v) is 4.26. The van der Waals surface area contributed by atoms with E-state index >= 15 is 0 Å². The highest BCUT2D eigenvalue weighted by Gasteiger charge is 2.21. The standard InChI is InChI=1S/C14H16FNO2/c15-13-6-12(2-1-5-16)7-14(8-13)18-10-17-9-11-3-4-11/h6-8,11H,3-5,9-10,16H2. The van der Waals surface area contributed by atoms with Crippen LogP contribution in [0.25, 0.3) is 0 Å². The normalized spacial score (nSPS) is 13.9. The van der Waals surface area contributed by atoms with Crippen LogP contribution in [0, 0.1) is 23.6 Å². The molecule has 0 bridgehead atoms. The van der Waals surface area contributed by atoms with Crippen LogP contribution in [0.1, 0.15) is 18.4 Å². The quantitative estimate of drug-likeness (QED) is 0.492. The zero-order valence-corrected chi connectivity index (χ0v) is 10.1. The average molecular weight is 249 g/mol. The SMILES string of the molecule is NCC#Cc1cc(F)cc(OCOCC2CC2)c1. The predicted octanol–water partition coefficient (Wildman–Crippen LogP) is 1.90. The lowest BCUT2D eigenvalue weighted by molar-refractivity contribution is 0.00983. The van der Waals surface area contributed by atoms with Gasteiger partial charge in [-0.2, -0.15) is 0 Å². The number of hydrogen-bond donors (Lipinski definition) is 1. The van der Waals surface area contributed by atoms with E-state index in [1.807, 2.05) is 0 Å². The van der Waals surface area contributed by atoms with Crippen molar-refractivity contribution in [3.63, 3.8) is 0 Å². The summed E-state index contributed by atoms with van der Waals surface area (Å²) in [7, 11) is 0. The lowest BCUT2D eigenvalue weighted by Gasteiger charge is -2.07. The van der Waals surface area contributed by atoms with Crippen molar-refractivity contribution in [2.75, 3.05) is 19.9 Å². The fourth-order valence-corrected chi connectivity index (χ4v) is 1.48. The van der Waals surface area contributed by atoms with Crippen molar-refractivity contribution in [3.05, 3.63) is 29.6 Å². The van der Waals surface area contributed by atoms with Crippen molar-refractivity contribution >= 4 is 0 Å². The minimum absolute atomic E-state index is 0.143. The zero-order valence-electron chi connectivity index (χ0n) is 10.1. The maximum Gasteiger partial charge on any atom is 0.189 e. The minimum atomic E-state index is -0.379. The monoisotopic (exact) mass is 249 g/mol. The van der Waals surface area contributed by atoms with E-state index in [0.29, 0.717) is 17.2 Å². The highest BCUT2D eigenvalue weighted by atomic mass is 19.1. The van der Waals surface area contributed by atoms with Crippen LogP contribution in [0.2, 0.25) is 0 Å². The molecule has 1 aromatic rings. The van der Waals surface area contributed by atoms with Crippen molar-refractivity contribution in [1.29, 1.82) is 0 Å². The van der Waals surface area contributed by atoms with E-state index in [1.54, 1.807) is 6.07 Å². The number of hydrogen-bond acceptors (Lipinski definition) is 3. The molecule has 1 fully saturated rings. The van der Waals surface area contributed by atoms with Gasteiger partial charge in [0.2, 0.25) is 0 Å². The molecule has 0 heterocycles. The molecule has 1 aliphatic rings. The first-order valence-corrected chi connectivity index (χ1v) is 5.98. The molecule has 18 heavy (non-hydrogen) atoms. The van der Waals surface area contributed by atoms with E-state index in [-0.39, 0.29) is 19.2 Å². The Kier molecular flexibility index (Phi) is 4.57. The van der Waals surface area contributed by atoms with E-state index in [1.165, 1.54) is 25.0 Å². The summed E-state index contributed by atoms with van der Waals surface area (Å²) in [5.74, 6) is 6.17. The first-order chi connectivity index (χ1) is 8.78. The third kappa shape index (κ3) is 4.36. The van der Waals surface area contributed by atoms with Gasteiger partial charge in [-0.25, -0.2) is 4.39 Å². The Morgan fingerprint density at radius 2 is 2.17 bits per heavy atom. The summed E-state index contributed by atoms with van der Waals surface area (Å²) >= 11 is 0. The number of halogens is 1. The molecule has 0 radical (unpaired) electrons. The van der Waals surface area contributed by atoms with Crippen molar-refractivity contribution in [3.8, 4) is 17.6 Å². The summed E-state index contributed by atoms with van der Waals surface area (Å²) in [6.07, 6.45) is 2.47. The highest BCUT2D eigenvalue weighted by Crippen LogP contribution is 2.28. The average Bonchev–Trinajstić information content (AvgIpc) is 3.15. The van der Waals surface area contributed by atoms with Gasteiger partial charge < -0.3 is 15.2 Å². The molecule has 96 valence electrons. The maximum atomic E-state index is 13.3. The zero-order chi connectivity index (χ0) is 12.8. The lowest BCUT2D eigenvalue weighted by Crippen LogP contribution is -2.05. The second kappa shape index (κ2) is 6.39. The van der Waals surface area contributed by atoms with Gasteiger partial charge in [0.1, 0.15) is 11.6 Å². The number of nitrogens with two attached hydrogens (primary N) is 1. The molecule has 0 amide bonds. The van der Waals surface area contributed by atoms with Crippen molar-refractivity contribution in [1.82, 2.24) is 0 Å². The van der Waals surface area contributed by atoms with Crippen LogP contribution in [0.4, 0.5) is 4.39 Å². The summed E-state index contributed by atoms with van der Waals surface area (Å²) < 4.78 is 23.9. The summed E-state index contributed by atoms with van der Waals surface area (Å²) in [4.78, 5) is 0. The van der Waals surface area contributed by atoms with Crippen molar-refractivity contribution in [2.45, 2.75) is 12.8 Å². The van der Waals surface area contributed by atoms with Gasteiger partial charge in [-0.15, -0.1) is 0 Å². The Hall–Kier alpha value is -1.57. The topological polar surface area (TPSA) is 44.5 Å². The lowest BCUT2D eigenvalue weighted by atomic mass is 10.2. The largest absolute Gasteiger partial charge is 0.467 e. The molecule has 3 nitrogen and oxygen atoms in total. The fourth-order valence-electron chi connectivity index (χ4n) is 1.48. The summed E-state index contributed by atoms with van der Waals surface area (Å²) in [6.45, 7) is 1.11. The Morgan fingerprint density at radius 1 is 1.33 bits per heavy atom. The second-order valence-electron chi connectivity index (χ2n) is 4.26. The molecule has 0 unspecified atom stereocenters. The van der Waals surface area contributed by atoms with Gasteiger partial charge >= 0.3 is 0 Å². The van der Waals surface area contributed by atoms with Crippen LogP contribution >= 0.6 is 0 Å². The van der Waals surface area contributed by atoms with Crippen LogP contribution in [0.5, 0.6) is 5.75 Å².